The third kappa shape index (κ3) is 3.20. The van der Waals surface area contributed by atoms with Crippen molar-refractivity contribution in [3.05, 3.63) is 63.9 Å². The van der Waals surface area contributed by atoms with Gasteiger partial charge in [-0.1, -0.05) is 0 Å². The van der Waals surface area contributed by atoms with E-state index in [2.05, 4.69) is 0 Å². The number of esters is 1. The number of ether oxygens (including phenoxy) is 2. The number of ketones is 1. The van der Waals surface area contributed by atoms with Crippen LogP contribution in [0.15, 0.2) is 46.9 Å². The highest BCUT2D eigenvalue weighted by Gasteiger charge is 2.33. The van der Waals surface area contributed by atoms with Gasteiger partial charge in [0.1, 0.15) is 5.75 Å². The van der Waals surface area contributed by atoms with Crippen molar-refractivity contribution in [1.82, 2.24) is 0 Å². The molecular formula is C20H15NO7. The third-order valence-electron chi connectivity index (χ3n) is 4.54. The molecule has 4 rings (SSSR count). The fourth-order valence-corrected chi connectivity index (χ4v) is 2.90. The number of non-ortho nitro benzene ring substituents is 1. The van der Waals surface area contributed by atoms with E-state index >= 15 is 0 Å². The molecule has 1 aromatic heterocycles. The Balaban J connectivity index is 1.67. The first kappa shape index (κ1) is 17.7. The molecule has 142 valence electrons. The maximum absolute atomic E-state index is 12.6. The standard InChI is InChI=1S/C20H15NO7/c1-26-16-9-8-14(15-10-17(28-19(15)16)18(22)11-2-3-11)20(23)27-13-6-4-12(5-7-13)21(24)25/h4-11H,2-3H2,1H3. The van der Waals surface area contributed by atoms with Crippen LogP contribution in [0.1, 0.15) is 33.8 Å². The van der Waals surface area contributed by atoms with Crippen molar-refractivity contribution in [2.24, 2.45) is 5.92 Å². The first-order valence-electron chi connectivity index (χ1n) is 8.59. The summed E-state index contributed by atoms with van der Waals surface area (Å²) in [6.45, 7) is 0. The van der Waals surface area contributed by atoms with Gasteiger partial charge in [-0.2, -0.15) is 0 Å². The van der Waals surface area contributed by atoms with Crippen LogP contribution < -0.4 is 9.47 Å². The lowest BCUT2D eigenvalue weighted by atomic mass is 10.1. The number of carbonyl (C=O) groups is 2. The summed E-state index contributed by atoms with van der Waals surface area (Å²) in [7, 11) is 1.47. The Labute approximate surface area is 158 Å². The molecule has 0 radical (unpaired) electrons. The fraction of sp³-hybridized carbons (Fsp3) is 0.200. The minimum absolute atomic E-state index is 0.0259. The van der Waals surface area contributed by atoms with Crippen LogP contribution in [0, 0.1) is 16.0 Å². The minimum atomic E-state index is -0.673. The number of nitro groups is 1. The largest absolute Gasteiger partial charge is 0.493 e. The topological polar surface area (TPSA) is 109 Å². The lowest BCUT2D eigenvalue weighted by Crippen LogP contribution is -2.09. The van der Waals surface area contributed by atoms with Crippen molar-refractivity contribution in [3.8, 4) is 11.5 Å². The molecule has 1 saturated carbocycles. The number of furan rings is 1. The summed E-state index contributed by atoms with van der Waals surface area (Å²) >= 11 is 0. The molecular weight excluding hydrogens is 366 g/mol. The Morgan fingerprint density at radius 1 is 1.14 bits per heavy atom. The number of benzene rings is 2. The van der Waals surface area contributed by atoms with Crippen molar-refractivity contribution in [1.29, 1.82) is 0 Å². The van der Waals surface area contributed by atoms with Gasteiger partial charge in [0.05, 0.1) is 17.6 Å². The highest BCUT2D eigenvalue weighted by molar-refractivity contribution is 6.08. The Bertz CT molecular complexity index is 1090. The average molecular weight is 381 g/mol. The summed E-state index contributed by atoms with van der Waals surface area (Å²) in [6.07, 6.45) is 1.67. The van der Waals surface area contributed by atoms with Gasteiger partial charge in [0.15, 0.2) is 17.1 Å². The average Bonchev–Trinajstić information content (AvgIpc) is 3.44. The number of nitrogens with zero attached hydrogens (tertiary/aromatic N) is 1. The SMILES string of the molecule is COc1ccc(C(=O)Oc2ccc([N+](=O)[O-])cc2)c2cc(C(=O)C3CC3)oc12. The molecule has 1 fully saturated rings. The summed E-state index contributed by atoms with van der Waals surface area (Å²) in [4.78, 5) is 35.2. The van der Waals surface area contributed by atoms with Gasteiger partial charge in [0, 0.05) is 23.4 Å². The predicted octanol–water partition coefficient (Wildman–Crippen LogP) is 4.16. The smallest absolute Gasteiger partial charge is 0.344 e. The van der Waals surface area contributed by atoms with Gasteiger partial charge in [-0.05, 0) is 43.2 Å². The van der Waals surface area contributed by atoms with Crippen molar-refractivity contribution in [2.75, 3.05) is 7.11 Å². The van der Waals surface area contributed by atoms with E-state index in [0.29, 0.717) is 16.7 Å². The second-order valence-electron chi connectivity index (χ2n) is 6.45. The zero-order chi connectivity index (χ0) is 19.8. The van der Waals surface area contributed by atoms with E-state index in [1.165, 1.54) is 43.5 Å². The van der Waals surface area contributed by atoms with Crippen LogP contribution >= 0.6 is 0 Å². The van der Waals surface area contributed by atoms with Crippen LogP contribution in [0.4, 0.5) is 5.69 Å². The maximum Gasteiger partial charge on any atom is 0.344 e. The molecule has 2 aromatic carbocycles. The highest BCUT2D eigenvalue weighted by atomic mass is 16.6. The summed E-state index contributed by atoms with van der Waals surface area (Å²) in [5, 5.41) is 11.1. The molecule has 0 spiro atoms. The number of hydrogen-bond acceptors (Lipinski definition) is 7. The first-order chi connectivity index (χ1) is 13.5. The molecule has 0 saturated heterocycles. The zero-order valence-electron chi connectivity index (χ0n) is 14.8. The number of rotatable bonds is 6. The molecule has 0 bridgehead atoms. The van der Waals surface area contributed by atoms with Gasteiger partial charge in [0.2, 0.25) is 5.78 Å². The molecule has 1 aliphatic carbocycles. The van der Waals surface area contributed by atoms with Gasteiger partial charge in [-0.25, -0.2) is 4.79 Å². The number of fused-ring (bicyclic) bond motifs is 1. The van der Waals surface area contributed by atoms with Gasteiger partial charge in [-0.15, -0.1) is 0 Å². The Hall–Kier alpha value is -3.68. The molecule has 0 amide bonds. The molecule has 0 aliphatic heterocycles. The van der Waals surface area contributed by atoms with Gasteiger partial charge in [-0.3, -0.25) is 14.9 Å². The summed E-state index contributed by atoms with van der Waals surface area (Å²) in [6, 6.07) is 9.79. The Kier molecular flexibility index (Phi) is 4.31. The molecule has 3 aromatic rings. The van der Waals surface area contributed by atoms with Crippen LogP contribution in [0.25, 0.3) is 11.0 Å². The van der Waals surface area contributed by atoms with Crippen LogP contribution in [0.2, 0.25) is 0 Å². The van der Waals surface area contributed by atoms with Crippen LogP contribution in [-0.4, -0.2) is 23.8 Å². The second-order valence-corrected chi connectivity index (χ2v) is 6.45. The quantitative estimate of drug-likeness (QED) is 0.207. The molecule has 0 atom stereocenters. The van der Waals surface area contributed by atoms with Crippen molar-refractivity contribution in [3.63, 3.8) is 0 Å². The lowest BCUT2D eigenvalue weighted by molar-refractivity contribution is -0.384. The van der Waals surface area contributed by atoms with E-state index in [1.807, 2.05) is 0 Å². The molecule has 1 aliphatic rings. The molecule has 0 unspecified atom stereocenters. The van der Waals surface area contributed by atoms with Crippen LogP contribution in [-0.2, 0) is 0 Å². The van der Waals surface area contributed by atoms with Crippen LogP contribution in [0.3, 0.4) is 0 Å². The Morgan fingerprint density at radius 2 is 1.86 bits per heavy atom. The number of hydrogen-bond donors (Lipinski definition) is 0. The molecule has 8 heteroatoms. The van der Waals surface area contributed by atoms with Gasteiger partial charge >= 0.3 is 5.97 Å². The minimum Gasteiger partial charge on any atom is -0.493 e. The number of nitro benzene ring substituents is 1. The number of methoxy groups -OCH3 is 1. The summed E-state index contributed by atoms with van der Waals surface area (Å²) in [5.74, 6) is -0.0387. The number of Topliss-reactive ketones (excluding diaryl/α,β-unsaturated/α-hetero) is 1. The van der Waals surface area contributed by atoms with E-state index in [4.69, 9.17) is 13.9 Å². The first-order valence-corrected chi connectivity index (χ1v) is 8.59. The normalized spacial score (nSPS) is 13.3. The van der Waals surface area contributed by atoms with E-state index in [0.717, 1.165) is 12.8 Å². The monoisotopic (exact) mass is 381 g/mol. The molecule has 28 heavy (non-hydrogen) atoms. The molecule has 8 nitrogen and oxygen atoms in total. The van der Waals surface area contributed by atoms with E-state index in [9.17, 15) is 19.7 Å². The molecule has 1 heterocycles. The van der Waals surface area contributed by atoms with E-state index in [-0.39, 0.29) is 34.5 Å². The van der Waals surface area contributed by atoms with Crippen molar-refractivity contribution < 1.29 is 28.4 Å². The van der Waals surface area contributed by atoms with E-state index in [1.54, 1.807) is 6.07 Å². The van der Waals surface area contributed by atoms with Gasteiger partial charge < -0.3 is 13.9 Å². The summed E-state index contributed by atoms with van der Waals surface area (Å²) in [5.41, 5.74) is 0.391. The zero-order valence-corrected chi connectivity index (χ0v) is 14.8. The highest BCUT2D eigenvalue weighted by Crippen LogP contribution is 2.37. The number of carbonyl (C=O) groups excluding carboxylic acids is 2. The molecule has 0 N–H and O–H groups in total. The third-order valence-corrected chi connectivity index (χ3v) is 4.54. The predicted molar refractivity (Wildman–Crippen MR) is 97.9 cm³/mol. The maximum atomic E-state index is 12.6. The van der Waals surface area contributed by atoms with Gasteiger partial charge in [0.25, 0.3) is 5.69 Å². The second kappa shape index (κ2) is 6.80. The van der Waals surface area contributed by atoms with E-state index < -0.39 is 10.9 Å². The summed E-state index contributed by atoms with van der Waals surface area (Å²) < 4.78 is 16.3. The van der Waals surface area contributed by atoms with Crippen LogP contribution in [0.5, 0.6) is 11.5 Å². The lowest BCUT2D eigenvalue weighted by Gasteiger charge is -2.07. The van der Waals surface area contributed by atoms with Crippen molar-refractivity contribution >= 4 is 28.4 Å². The van der Waals surface area contributed by atoms with Crippen molar-refractivity contribution in [2.45, 2.75) is 12.8 Å². The fourth-order valence-electron chi connectivity index (χ4n) is 2.90. The Morgan fingerprint density at radius 3 is 2.46 bits per heavy atom.